The number of rotatable bonds is 3. The van der Waals surface area contributed by atoms with Gasteiger partial charge in [0.15, 0.2) is 0 Å². The zero-order valence-electron chi connectivity index (χ0n) is 12.0. The molecule has 100 valence electrons. The fourth-order valence-corrected chi connectivity index (χ4v) is 3.17. The van der Waals surface area contributed by atoms with Crippen LogP contribution in [0, 0.1) is 5.41 Å². The van der Waals surface area contributed by atoms with E-state index in [0.717, 1.165) is 6.42 Å². The number of allylic oxidation sites excluding steroid dienone is 1. The van der Waals surface area contributed by atoms with Gasteiger partial charge < -0.3 is 9.84 Å². The highest BCUT2D eigenvalue weighted by Gasteiger charge is 2.51. The molecule has 1 N–H and O–H groups in total. The van der Waals surface area contributed by atoms with Gasteiger partial charge in [0, 0.05) is 11.8 Å². The smallest absolute Gasteiger partial charge is 0.290 e. The molecule has 0 bridgehead atoms. The van der Waals surface area contributed by atoms with E-state index in [0.29, 0.717) is 0 Å². The van der Waals surface area contributed by atoms with Crippen LogP contribution in [0.25, 0.3) is 0 Å². The minimum atomic E-state index is -0.250. The molecule has 0 amide bonds. The second kappa shape index (κ2) is 6.08. The van der Waals surface area contributed by atoms with Crippen molar-refractivity contribution in [3.63, 3.8) is 0 Å². The van der Waals surface area contributed by atoms with Crippen LogP contribution in [0.4, 0.5) is 0 Å². The molecule has 0 saturated carbocycles. The third-order valence-corrected chi connectivity index (χ3v) is 4.20. The van der Waals surface area contributed by atoms with Crippen LogP contribution in [0.3, 0.4) is 0 Å². The van der Waals surface area contributed by atoms with E-state index in [1.807, 2.05) is 0 Å². The van der Waals surface area contributed by atoms with Crippen LogP contribution in [-0.4, -0.2) is 17.2 Å². The largest absolute Gasteiger partial charge is 0.491 e. The Kier molecular flexibility index (Phi) is 5.73. The van der Waals surface area contributed by atoms with Crippen molar-refractivity contribution in [2.45, 2.75) is 66.4 Å². The topological polar surface area (TPSA) is 46.5 Å². The van der Waals surface area contributed by atoms with Gasteiger partial charge in [-0.25, -0.2) is 0 Å². The Morgan fingerprint density at radius 2 is 1.65 bits per heavy atom. The summed E-state index contributed by atoms with van der Waals surface area (Å²) in [6.45, 7) is 13.2. The summed E-state index contributed by atoms with van der Waals surface area (Å²) in [5.74, 6) is 1.22. The molecule has 3 nitrogen and oxygen atoms in total. The standard InChI is InChI=1S/C13H24O.CH2O2/c1-7-11-10(4)13(8-2,9-3)12(5,6)14-11;2-1-3/h7-9H2,1-6H3;1H,(H,2,3). The van der Waals surface area contributed by atoms with Crippen molar-refractivity contribution in [3.05, 3.63) is 11.3 Å². The van der Waals surface area contributed by atoms with E-state index >= 15 is 0 Å². The summed E-state index contributed by atoms with van der Waals surface area (Å²) < 4.78 is 6.09. The molecular weight excluding hydrogens is 216 g/mol. The van der Waals surface area contributed by atoms with Gasteiger partial charge in [-0.1, -0.05) is 20.8 Å². The average Bonchev–Trinajstić information content (AvgIpc) is 2.47. The first-order valence-corrected chi connectivity index (χ1v) is 6.33. The van der Waals surface area contributed by atoms with Crippen molar-refractivity contribution in [3.8, 4) is 0 Å². The SMILES string of the molecule is CCC1=C(C)C(CC)(CC)C(C)(C)O1.O=CO. The first-order valence-electron chi connectivity index (χ1n) is 6.33. The minimum absolute atomic E-state index is 0.0219. The summed E-state index contributed by atoms with van der Waals surface area (Å²) in [5, 5.41) is 6.89. The van der Waals surface area contributed by atoms with Crippen LogP contribution in [0.1, 0.15) is 60.8 Å². The summed E-state index contributed by atoms with van der Waals surface area (Å²) in [4.78, 5) is 8.36. The second-order valence-corrected chi connectivity index (χ2v) is 4.91. The maximum absolute atomic E-state index is 8.36. The van der Waals surface area contributed by atoms with Gasteiger partial charge in [-0.05, 0) is 39.2 Å². The molecule has 1 heterocycles. The number of carbonyl (C=O) groups is 1. The average molecular weight is 242 g/mol. The van der Waals surface area contributed by atoms with Crippen LogP contribution in [0.15, 0.2) is 11.3 Å². The van der Waals surface area contributed by atoms with E-state index in [1.54, 1.807) is 0 Å². The third-order valence-electron chi connectivity index (χ3n) is 4.20. The Hall–Kier alpha value is -0.990. The van der Waals surface area contributed by atoms with Crippen molar-refractivity contribution in [2.75, 3.05) is 0 Å². The highest BCUT2D eigenvalue weighted by atomic mass is 16.5. The van der Waals surface area contributed by atoms with Gasteiger partial charge in [0.2, 0.25) is 0 Å². The zero-order chi connectivity index (χ0) is 13.7. The lowest BCUT2D eigenvalue weighted by molar-refractivity contribution is -0.122. The minimum Gasteiger partial charge on any atom is -0.491 e. The van der Waals surface area contributed by atoms with Crippen molar-refractivity contribution in [1.82, 2.24) is 0 Å². The molecule has 0 aliphatic carbocycles. The molecule has 17 heavy (non-hydrogen) atoms. The summed E-state index contributed by atoms with van der Waals surface area (Å²) in [7, 11) is 0. The van der Waals surface area contributed by atoms with Crippen LogP contribution in [-0.2, 0) is 9.53 Å². The Bertz CT molecular complexity index is 286. The van der Waals surface area contributed by atoms with Gasteiger partial charge >= 0.3 is 0 Å². The molecule has 0 fully saturated rings. The quantitative estimate of drug-likeness (QED) is 0.761. The summed E-state index contributed by atoms with van der Waals surface area (Å²) in [6, 6.07) is 0. The molecule has 0 aromatic heterocycles. The second-order valence-electron chi connectivity index (χ2n) is 4.91. The highest BCUT2D eigenvalue weighted by molar-refractivity contribution is 5.32. The van der Waals surface area contributed by atoms with Crippen LogP contribution in [0.2, 0.25) is 0 Å². The number of hydrogen-bond acceptors (Lipinski definition) is 2. The zero-order valence-corrected chi connectivity index (χ0v) is 12.0. The van der Waals surface area contributed by atoms with E-state index in [4.69, 9.17) is 14.6 Å². The van der Waals surface area contributed by atoms with E-state index < -0.39 is 0 Å². The lowest BCUT2D eigenvalue weighted by Gasteiger charge is -2.40. The Labute approximate surface area is 105 Å². The molecule has 3 heteroatoms. The van der Waals surface area contributed by atoms with Gasteiger partial charge in [-0.15, -0.1) is 0 Å². The lowest BCUT2D eigenvalue weighted by Crippen LogP contribution is -2.41. The van der Waals surface area contributed by atoms with Crippen molar-refractivity contribution in [2.24, 2.45) is 5.41 Å². The molecule has 0 saturated heterocycles. The molecule has 0 radical (unpaired) electrons. The maximum atomic E-state index is 8.36. The van der Waals surface area contributed by atoms with Crippen molar-refractivity contribution < 1.29 is 14.6 Å². The van der Waals surface area contributed by atoms with Crippen molar-refractivity contribution in [1.29, 1.82) is 0 Å². The van der Waals surface area contributed by atoms with Crippen molar-refractivity contribution >= 4 is 6.47 Å². The van der Waals surface area contributed by atoms with Gasteiger partial charge in [-0.3, -0.25) is 4.79 Å². The summed E-state index contributed by atoms with van der Waals surface area (Å²) >= 11 is 0. The predicted molar refractivity (Wildman–Crippen MR) is 69.9 cm³/mol. The maximum Gasteiger partial charge on any atom is 0.290 e. The lowest BCUT2D eigenvalue weighted by atomic mass is 9.66. The normalized spacial score (nSPS) is 20.4. The highest BCUT2D eigenvalue weighted by Crippen LogP contribution is 2.54. The predicted octanol–water partition coefficient (Wildman–Crippen LogP) is 3.99. The fraction of sp³-hybridized carbons (Fsp3) is 0.786. The van der Waals surface area contributed by atoms with Gasteiger partial charge in [0.1, 0.15) is 5.60 Å². The summed E-state index contributed by atoms with van der Waals surface area (Å²) in [6.07, 6.45) is 3.37. The van der Waals surface area contributed by atoms with Gasteiger partial charge in [-0.2, -0.15) is 0 Å². The summed E-state index contributed by atoms with van der Waals surface area (Å²) in [5.41, 5.74) is 1.72. The first-order chi connectivity index (χ1) is 7.86. The van der Waals surface area contributed by atoms with Gasteiger partial charge in [0.25, 0.3) is 6.47 Å². The Morgan fingerprint density at radius 3 is 1.82 bits per heavy atom. The number of ether oxygens (including phenoxy) is 1. The number of hydrogen-bond donors (Lipinski definition) is 1. The van der Waals surface area contributed by atoms with Crippen LogP contribution < -0.4 is 0 Å². The van der Waals surface area contributed by atoms with Crippen LogP contribution in [0.5, 0.6) is 0 Å². The molecule has 0 unspecified atom stereocenters. The Balaban J connectivity index is 0.000000770. The van der Waals surface area contributed by atoms with E-state index in [1.165, 1.54) is 24.2 Å². The molecule has 1 rings (SSSR count). The molecule has 1 aliphatic rings. The molecule has 0 aromatic carbocycles. The van der Waals surface area contributed by atoms with Crippen LogP contribution >= 0.6 is 0 Å². The molecular formula is C14H26O3. The first kappa shape index (κ1) is 16.0. The van der Waals surface area contributed by atoms with E-state index in [9.17, 15) is 0 Å². The third kappa shape index (κ3) is 2.64. The molecule has 1 aliphatic heterocycles. The fourth-order valence-electron chi connectivity index (χ4n) is 3.17. The Morgan fingerprint density at radius 1 is 1.24 bits per heavy atom. The van der Waals surface area contributed by atoms with E-state index in [2.05, 4.69) is 41.5 Å². The molecule has 0 atom stereocenters. The van der Waals surface area contributed by atoms with E-state index in [-0.39, 0.29) is 17.5 Å². The molecule has 0 aromatic rings. The monoisotopic (exact) mass is 242 g/mol. The molecule has 0 spiro atoms. The van der Waals surface area contributed by atoms with Gasteiger partial charge in [0.05, 0.1) is 5.76 Å². The number of carboxylic acid groups (broad SMARTS) is 1.